The van der Waals surface area contributed by atoms with Crippen molar-refractivity contribution in [2.45, 2.75) is 6.04 Å². The van der Waals surface area contributed by atoms with Gasteiger partial charge in [0, 0.05) is 10.3 Å². The molecule has 0 amide bonds. The zero-order valence-corrected chi connectivity index (χ0v) is 7.52. The minimum atomic E-state index is -0.223. The highest BCUT2D eigenvalue weighted by Crippen LogP contribution is 2.25. The van der Waals surface area contributed by atoms with Crippen molar-refractivity contribution < 1.29 is 4.74 Å². The summed E-state index contributed by atoms with van der Waals surface area (Å²) in [5, 5.41) is 1.89. The summed E-state index contributed by atoms with van der Waals surface area (Å²) in [4.78, 5) is 0.983. The molecule has 0 bridgehead atoms. The Kier molecular flexibility index (Phi) is 3.11. The van der Waals surface area contributed by atoms with Gasteiger partial charge in [-0.05, 0) is 6.07 Å². The second-order valence-corrected chi connectivity index (χ2v) is 3.10. The largest absolute Gasteiger partial charge is 0.496 e. The van der Waals surface area contributed by atoms with Gasteiger partial charge >= 0.3 is 0 Å². The molecule has 1 heterocycles. The maximum atomic E-state index is 5.24. The number of methoxy groups -OCH3 is 1. The smallest absolute Gasteiger partial charge is 0.129 e. The van der Waals surface area contributed by atoms with Gasteiger partial charge in [0.1, 0.15) is 11.8 Å². The van der Waals surface area contributed by atoms with Crippen LogP contribution in [-0.2, 0) is 0 Å². The number of terminal acetylenes is 1. The van der Waals surface area contributed by atoms with Crippen LogP contribution in [-0.4, -0.2) is 7.11 Å². The van der Waals surface area contributed by atoms with Crippen molar-refractivity contribution in [1.29, 1.82) is 0 Å². The maximum absolute atomic E-state index is 5.24. The fourth-order valence-corrected chi connectivity index (χ4v) is 1.68. The van der Waals surface area contributed by atoms with Gasteiger partial charge in [0.15, 0.2) is 0 Å². The molecular formula is C8H10N2OS. The number of rotatable bonds is 3. The molecule has 0 radical (unpaired) electrons. The summed E-state index contributed by atoms with van der Waals surface area (Å²) in [5.74, 6) is 8.57. The van der Waals surface area contributed by atoms with Gasteiger partial charge in [0.2, 0.25) is 0 Å². The van der Waals surface area contributed by atoms with E-state index < -0.39 is 0 Å². The Morgan fingerprint density at radius 2 is 2.58 bits per heavy atom. The molecule has 1 unspecified atom stereocenters. The van der Waals surface area contributed by atoms with Gasteiger partial charge in [-0.1, -0.05) is 5.92 Å². The summed E-state index contributed by atoms with van der Waals surface area (Å²) in [5.41, 5.74) is 2.52. The minimum absolute atomic E-state index is 0.223. The van der Waals surface area contributed by atoms with Crippen LogP contribution in [0.5, 0.6) is 5.75 Å². The van der Waals surface area contributed by atoms with E-state index in [0.717, 1.165) is 10.6 Å². The lowest BCUT2D eigenvalue weighted by Gasteiger charge is -2.04. The van der Waals surface area contributed by atoms with Crippen molar-refractivity contribution in [3.05, 3.63) is 16.3 Å². The van der Waals surface area contributed by atoms with Crippen LogP contribution in [0.15, 0.2) is 11.4 Å². The predicted octanol–water partition coefficient (Wildman–Crippen LogP) is 0.894. The lowest BCUT2D eigenvalue weighted by Crippen LogP contribution is -2.25. The van der Waals surface area contributed by atoms with E-state index in [1.54, 1.807) is 7.11 Å². The van der Waals surface area contributed by atoms with Gasteiger partial charge in [0.05, 0.1) is 7.11 Å². The Balaban J connectivity index is 2.81. The van der Waals surface area contributed by atoms with Crippen molar-refractivity contribution in [2.24, 2.45) is 5.84 Å². The van der Waals surface area contributed by atoms with E-state index in [9.17, 15) is 0 Å². The van der Waals surface area contributed by atoms with Crippen molar-refractivity contribution in [2.75, 3.05) is 7.11 Å². The molecule has 0 saturated heterocycles. The second-order valence-electron chi connectivity index (χ2n) is 2.16. The molecule has 0 aliphatic rings. The van der Waals surface area contributed by atoms with Gasteiger partial charge in [-0.15, -0.1) is 17.8 Å². The molecule has 3 N–H and O–H groups in total. The molecular weight excluding hydrogens is 172 g/mol. The first-order valence-corrected chi connectivity index (χ1v) is 4.24. The molecule has 1 aromatic heterocycles. The van der Waals surface area contributed by atoms with Gasteiger partial charge in [-0.2, -0.15) is 0 Å². The van der Waals surface area contributed by atoms with Crippen molar-refractivity contribution in [3.63, 3.8) is 0 Å². The van der Waals surface area contributed by atoms with E-state index in [0.29, 0.717) is 0 Å². The number of nitrogens with one attached hydrogen (secondary N) is 1. The summed E-state index contributed by atoms with van der Waals surface area (Å²) in [6.45, 7) is 0. The molecule has 4 heteroatoms. The number of thiophene rings is 1. The van der Waals surface area contributed by atoms with E-state index in [2.05, 4.69) is 11.3 Å². The van der Waals surface area contributed by atoms with Crippen LogP contribution in [0.2, 0.25) is 0 Å². The molecule has 0 saturated carbocycles. The Morgan fingerprint density at radius 3 is 3.00 bits per heavy atom. The van der Waals surface area contributed by atoms with Crippen LogP contribution in [0, 0.1) is 12.3 Å². The van der Waals surface area contributed by atoms with Crippen molar-refractivity contribution in [3.8, 4) is 18.1 Å². The molecule has 1 rings (SSSR count). The summed E-state index contributed by atoms with van der Waals surface area (Å²) in [6, 6.07) is 1.65. The molecule has 1 atom stereocenters. The fraction of sp³-hybridized carbons (Fsp3) is 0.250. The van der Waals surface area contributed by atoms with Crippen LogP contribution >= 0.6 is 11.3 Å². The van der Waals surface area contributed by atoms with Gasteiger partial charge in [-0.25, -0.2) is 5.43 Å². The van der Waals surface area contributed by atoms with Gasteiger partial charge in [-0.3, -0.25) is 5.84 Å². The molecule has 64 valence electrons. The Morgan fingerprint density at radius 1 is 1.83 bits per heavy atom. The number of ether oxygens (including phenoxy) is 1. The molecule has 0 aliphatic carbocycles. The summed E-state index contributed by atoms with van der Waals surface area (Å²) in [6.07, 6.45) is 5.24. The summed E-state index contributed by atoms with van der Waals surface area (Å²) < 4.78 is 5.01. The monoisotopic (exact) mass is 182 g/mol. The summed E-state index contributed by atoms with van der Waals surface area (Å²) >= 11 is 1.52. The first-order valence-electron chi connectivity index (χ1n) is 3.36. The average molecular weight is 182 g/mol. The molecule has 3 nitrogen and oxygen atoms in total. The summed E-state index contributed by atoms with van der Waals surface area (Å²) in [7, 11) is 1.62. The third-order valence-electron chi connectivity index (χ3n) is 1.45. The molecule has 0 aliphatic heterocycles. The Bertz CT molecular complexity index is 289. The van der Waals surface area contributed by atoms with E-state index in [1.165, 1.54) is 11.3 Å². The number of hydrazine groups is 1. The fourth-order valence-electron chi connectivity index (χ4n) is 0.805. The topological polar surface area (TPSA) is 47.3 Å². The molecule has 0 spiro atoms. The van der Waals surface area contributed by atoms with Crippen LogP contribution in [0.25, 0.3) is 0 Å². The molecule has 0 aromatic carbocycles. The third kappa shape index (κ3) is 1.77. The number of hydrogen-bond acceptors (Lipinski definition) is 4. The third-order valence-corrected chi connectivity index (χ3v) is 2.43. The van der Waals surface area contributed by atoms with Crippen LogP contribution in [0.1, 0.15) is 10.9 Å². The molecule has 0 fully saturated rings. The quantitative estimate of drug-likeness (QED) is 0.414. The lowest BCUT2D eigenvalue weighted by molar-refractivity contribution is 0.416. The predicted molar refractivity (Wildman–Crippen MR) is 49.8 cm³/mol. The highest BCUT2D eigenvalue weighted by molar-refractivity contribution is 7.10. The number of hydrogen-bond donors (Lipinski definition) is 2. The molecule has 12 heavy (non-hydrogen) atoms. The zero-order valence-electron chi connectivity index (χ0n) is 6.70. The first kappa shape index (κ1) is 9.07. The van der Waals surface area contributed by atoms with Gasteiger partial charge in [0.25, 0.3) is 0 Å². The maximum Gasteiger partial charge on any atom is 0.129 e. The van der Waals surface area contributed by atoms with Crippen LogP contribution in [0.3, 0.4) is 0 Å². The van der Waals surface area contributed by atoms with Gasteiger partial charge < -0.3 is 4.74 Å². The zero-order chi connectivity index (χ0) is 8.97. The SMILES string of the molecule is C#CC(NN)c1cc(OC)cs1. The van der Waals surface area contributed by atoms with E-state index in [1.807, 2.05) is 11.4 Å². The first-order chi connectivity index (χ1) is 5.81. The van der Waals surface area contributed by atoms with E-state index in [-0.39, 0.29) is 6.04 Å². The normalized spacial score (nSPS) is 12.1. The number of nitrogens with two attached hydrogens (primary N) is 1. The van der Waals surface area contributed by atoms with Crippen LogP contribution < -0.4 is 16.0 Å². The van der Waals surface area contributed by atoms with E-state index in [4.69, 9.17) is 17.0 Å². The van der Waals surface area contributed by atoms with Crippen molar-refractivity contribution >= 4 is 11.3 Å². The molecule has 1 aromatic rings. The standard InChI is InChI=1S/C8H10N2OS/c1-3-7(10-9)8-4-6(11-2)5-12-8/h1,4-5,7,10H,9H2,2H3. The average Bonchev–Trinajstić information content (AvgIpc) is 2.55. The van der Waals surface area contributed by atoms with Crippen LogP contribution in [0.4, 0.5) is 0 Å². The Hall–Kier alpha value is -1.02. The van der Waals surface area contributed by atoms with E-state index >= 15 is 0 Å². The lowest BCUT2D eigenvalue weighted by atomic mass is 10.2. The second kappa shape index (κ2) is 4.12. The highest BCUT2D eigenvalue weighted by atomic mass is 32.1. The Labute approximate surface area is 75.5 Å². The highest BCUT2D eigenvalue weighted by Gasteiger charge is 2.08. The van der Waals surface area contributed by atoms with Crippen molar-refractivity contribution in [1.82, 2.24) is 5.43 Å². The minimum Gasteiger partial charge on any atom is -0.496 e.